The van der Waals surface area contributed by atoms with Crippen molar-refractivity contribution in [3.05, 3.63) is 29.8 Å². The van der Waals surface area contributed by atoms with Crippen LogP contribution < -0.4 is 10.2 Å². The maximum Gasteiger partial charge on any atom is 0.317 e. The molecular weight excluding hydrogens is 320 g/mol. The molecule has 24 heavy (non-hydrogen) atoms. The van der Waals surface area contributed by atoms with Crippen LogP contribution >= 0.6 is 0 Å². The molecule has 1 N–H and O–H groups in total. The molecule has 2 rings (SSSR count). The molecule has 1 fully saturated rings. The number of carbonyl (C=O) groups is 2. The number of benzene rings is 1. The second-order valence-electron chi connectivity index (χ2n) is 5.48. The largest absolute Gasteiger partial charge is 0.469 e. The van der Waals surface area contributed by atoms with E-state index in [1.165, 1.54) is 7.11 Å². The Bertz CT molecular complexity index is 590. The van der Waals surface area contributed by atoms with Crippen molar-refractivity contribution in [2.45, 2.75) is 12.8 Å². The lowest BCUT2D eigenvalue weighted by Crippen LogP contribution is -2.52. The maximum atomic E-state index is 13.8. The van der Waals surface area contributed by atoms with Crippen LogP contribution in [0.1, 0.15) is 12.8 Å². The third kappa shape index (κ3) is 4.81. The van der Waals surface area contributed by atoms with E-state index >= 15 is 0 Å². The van der Waals surface area contributed by atoms with Gasteiger partial charge in [0.25, 0.3) is 0 Å². The minimum absolute atomic E-state index is 0.216. The molecule has 1 saturated heterocycles. The predicted molar refractivity (Wildman–Crippen MR) is 84.8 cm³/mol. The van der Waals surface area contributed by atoms with E-state index in [4.69, 9.17) is 0 Å². The first-order valence-corrected chi connectivity index (χ1v) is 7.81. The molecule has 0 radical (unpaired) electrons. The molecule has 132 valence electrons. The number of hydrogen-bond donors (Lipinski definition) is 1. The Morgan fingerprint density at radius 1 is 1.21 bits per heavy atom. The number of amides is 2. The van der Waals surface area contributed by atoms with Crippen molar-refractivity contribution in [1.82, 2.24) is 10.2 Å². The molecule has 2 amide bonds. The lowest BCUT2D eigenvalue weighted by Gasteiger charge is -2.36. The third-order valence-corrected chi connectivity index (χ3v) is 3.88. The SMILES string of the molecule is COC(=O)CCCNC(=O)N1CCN(c2cc(F)ccc2F)CC1. The van der Waals surface area contributed by atoms with Crippen LogP contribution in [0.15, 0.2) is 18.2 Å². The first kappa shape index (κ1) is 18.0. The Kier molecular flexibility index (Phi) is 6.34. The summed E-state index contributed by atoms with van der Waals surface area (Å²) in [6, 6.07) is 3.12. The molecule has 1 heterocycles. The second kappa shape index (κ2) is 8.47. The number of esters is 1. The van der Waals surface area contributed by atoms with E-state index < -0.39 is 11.6 Å². The zero-order chi connectivity index (χ0) is 17.5. The fourth-order valence-corrected chi connectivity index (χ4v) is 2.52. The number of nitrogens with one attached hydrogen (secondary N) is 1. The first-order valence-electron chi connectivity index (χ1n) is 7.81. The molecular formula is C16H21F2N3O3. The van der Waals surface area contributed by atoms with Gasteiger partial charge in [-0.05, 0) is 18.6 Å². The highest BCUT2D eigenvalue weighted by Gasteiger charge is 2.22. The molecule has 0 saturated carbocycles. The average molecular weight is 341 g/mol. The van der Waals surface area contributed by atoms with Gasteiger partial charge in [-0.15, -0.1) is 0 Å². The Morgan fingerprint density at radius 3 is 2.58 bits per heavy atom. The summed E-state index contributed by atoms with van der Waals surface area (Å²) in [5, 5.41) is 2.73. The van der Waals surface area contributed by atoms with Crippen LogP contribution in [0, 0.1) is 11.6 Å². The minimum atomic E-state index is -0.489. The quantitative estimate of drug-likeness (QED) is 0.655. The zero-order valence-electron chi connectivity index (χ0n) is 13.6. The van der Waals surface area contributed by atoms with Crippen molar-refractivity contribution in [2.24, 2.45) is 0 Å². The van der Waals surface area contributed by atoms with Gasteiger partial charge in [-0.3, -0.25) is 4.79 Å². The molecule has 0 aromatic heterocycles. The molecule has 0 unspecified atom stereocenters. The summed E-state index contributed by atoms with van der Waals surface area (Å²) in [5.74, 6) is -1.27. The standard InChI is InChI=1S/C16H21F2N3O3/c1-24-15(22)3-2-6-19-16(23)21-9-7-20(8-10-21)14-11-12(17)4-5-13(14)18/h4-5,11H,2-3,6-10H2,1H3,(H,19,23). The average Bonchev–Trinajstić information content (AvgIpc) is 2.60. The van der Waals surface area contributed by atoms with E-state index in [1.54, 1.807) is 9.80 Å². The highest BCUT2D eigenvalue weighted by atomic mass is 19.1. The number of hydrogen-bond acceptors (Lipinski definition) is 4. The van der Waals surface area contributed by atoms with Crippen LogP contribution in [0.25, 0.3) is 0 Å². The summed E-state index contributed by atoms with van der Waals surface area (Å²) < 4.78 is 31.6. The van der Waals surface area contributed by atoms with Gasteiger partial charge in [0.1, 0.15) is 11.6 Å². The fourth-order valence-electron chi connectivity index (χ4n) is 2.52. The second-order valence-corrected chi connectivity index (χ2v) is 5.48. The number of methoxy groups -OCH3 is 1. The number of nitrogens with zero attached hydrogens (tertiary/aromatic N) is 2. The van der Waals surface area contributed by atoms with E-state index in [0.29, 0.717) is 39.1 Å². The van der Waals surface area contributed by atoms with Crippen LogP contribution in [0.4, 0.5) is 19.3 Å². The highest BCUT2D eigenvalue weighted by molar-refractivity contribution is 5.74. The van der Waals surface area contributed by atoms with Crippen LogP contribution in [0.3, 0.4) is 0 Å². The van der Waals surface area contributed by atoms with E-state index in [9.17, 15) is 18.4 Å². The Labute approximate surface area is 139 Å². The Hall–Kier alpha value is -2.38. The maximum absolute atomic E-state index is 13.8. The predicted octanol–water partition coefficient (Wildman–Crippen LogP) is 1.75. The van der Waals surface area contributed by atoms with Crippen LogP contribution in [0.2, 0.25) is 0 Å². The number of anilines is 1. The Morgan fingerprint density at radius 2 is 1.92 bits per heavy atom. The number of rotatable bonds is 5. The summed E-state index contributed by atoms with van der Waals surface area (Å²) in [7, 11) is 1.32. The molecule has 0 aliphatic carbocycles. The molecule has 1 aliphatic rings. The summed E-state index contributed by atoms with van der Waals surface area (Å²) in [6.07, 6.45) is 0.760. The normalized spacial score (nSPS) is 14.5. The fraction of sp³-hybridized carbons (Fsp3) is 0.500. The van der Waals surface area contributed by atoms with Crippen LogP contribution in [0.5, 0.6) is 0 Å². The molecule has 1 aliphatic heterocycles. The van der Waals surface area contributed by atoms with E-state index in [2.05, 4.69) is 10.1 Å². The van der Waals surface area contributed by atoms with E-state index in [-0.39, 0.29) is 24.1 Å². The molecule has 1 aromatic rings. The van der Waals surface area contributed by atoms with Crippen molar-refractivity contribution in [3.8, 4) is 0 Å². The van der Waals surface area contributed by atoms with Crippen molar-refractivity contribution >= 4 is 17.7 Å². The minimum Gasteiger partial charge on any atom is -0.469 e. The number of ether oxygens (including phenoxy) is 1. The van der Waals surface area contributed by atoms with Crippen LogP contribution in [-0.4, -0.2) is 56.7 Å². The van der Waals surface area contributed by atoms with Crippen LogP contribution in [-0.2, 0) is 9.53 Å². The van der Waals surface area contributed by atoms with E-state index in [1.807, 2.05) is 0 Å². The van der Waals surface area contributed by atoms with Gasteiger partial charge in [0, 0.05) is 45.2 Å². The molecule has 1 aromatic carbocycles. The van der Waals surface area contributed by atoms with Gasteiger partial charge in [0.15, 0.2) is 0 Å². The zero-order valence-corrected chi connectivity index (χ0v) is 13.6. The molecule has 0 spiro atoms. The van der Waals surface area contributed by atoms with Crippen molar-refractivity contribution in [1.29, 1.82) is 0 Å². The number of carbonyl (C=O) groups excluding carboxylic acids is 2. The van der Waals surface area contributed by atoms with Gasteiger partial charge < -0.3 is 19.9 Å². The van der Waals surface area contributed by atoms with Gasteiger partial charge in [0.05, 0.1) is 12.8 Å². The summed E-state index contributed by atoms with van der Waals surface area (Å²) in [6.45, 7) is 2.07. The monoisotopic (exact) mass is 341 g/mol. The number of urea groups is 1. The van der Waals surface area contributed by atoms with Gasteiger partial charge in [0.2, 0.25) is 0 Å². The lowest BCUT2D eigenvalue weighted by molar-refractivity contribution is -0.140. The molecule has 6 nitrogen and oxygen atoms in total. The number of halogens is 2. The molecule has 0 atom stereocenters. The highest BCUT2D eigenvalue weighted by Crippen LogP contribution is 2.21. The van der Waals surface area contributed by atoms with Gasteiger partial charge in [-0.1, -0.05) is 0 Å². The molecule has 8 heteroatoms. The van der Waals surface area contributed by atoms with Gasteiger partial charge >= 0.3 is 12.0 Å². The topological polar surface area (TPSA) is 61.9 Å². The summed E-state index contributed by atoms with van der Waals surface area (Å²) >= 11 is 0. The Balaban J connectivity index is 1.76. The first-order chi connectivity index (χ1) is 11.5. The van der Waals surface area contributed by atoms with Gasteiger partial charge in [-0.25, -0.2) is 13.6 Å². The van der Waals surface area contributed by atoms with Crippen molar-refractivity contribution < 1.29 is 23.1 Å². The lowest BCUT2D eigenvalue weighted by atomic mass is 10.2. The third-order valence-electron chi connectivity index (χ3n) is 3.88. The molecule has 0 bridgehead atoms. The van der Waals surface area contributed by atoms with Crippen molar-refractivity contribution in [2.75, 3.05) is 44.7 Å². The van der Waals surface area contributed by atoms with Crippen molar-refractivity contribution in [3.63, 3.8) is 0 Å². The summed E-state index contributed by atoms with van der Waals surface area (Å²) in [5.41, 5.74) is 0.216. The van der Waals surface area contributed by atoms with E-state index in [0.717, 1.165) is 18.2 Å². The summed E-state index contributed by atoms with van der Waals surface area (Å²) in [4.78, 5) is 26.3. The smallest absolute Gasteiger partial charge is 0.317 e. The van der Waals surface area contributed by atoms with Gasteiger partial charge in [-0.2, -0.15) is 0 Å². The number of piperazine rings is 1.